The van der Waals surface area contributed by atoms with Crippen molar-refractivity contribution in [1.82, 2.24) is 10.1 Å². The van der Waals surface area contributed by atoms with Crippen molar-refractivity contribution < 1.29 is 14.1 Å². The Morgan fingerprint density at radius 1 is 1.24 bits per heavy atom. The molecule has 0 fully saturated rings. The van der Waals surface area contributed by atoms with E-state index in [2.05, 4.69) is 5.16 Å². The summed E-state index contributed by atoms with van der Waals surface area (Å²) in [6, 6.07) is 4.50. The Kier molecular flexibility index (Phi) is 6.87. The largest absolute Gasteiger partial charge is 0.465 e. The lowest BCUT2D eigenvalue weighted by molar-refractivity contribution is -0.150. The second-order valence-electron chi connectivity index (χ2n) is 5.72. The Morgan fingerprint density at radius 3 is 2.36 bits per heavy atom. The fourth-order valence-corrected chi connectivity index (χ4v) is 3.31. The molecule has 0 spiro atoms. The maximum Gasteiger partial charge on any atom is 0.328 e. The number of hydrogen-bond donors (Lipinski definition) is 0. The summed E-state index contributed by atoms with van der Waals surface area (Å²) in [5.74, 6) is 0.400. The highest BCUT2D eigenvalue weighted by atomic mass is 35.5. The molecule has 1 heterocycles. The van der Waals surface area contributed by atoms with Gasteiger partial charge >= 0.3 is 5.97 Å². The van der Waals surface area contributed by atoms with Crippen LogP contribution in [0.4, 0.5) is 0 Å². The lowest BCUT2D eigenvalue weighted by Gasteiger charge is -2.29. The molecule has 0 saturated heterocycles. The van der Waals surface area contributed by atoms with Gasteiger partial charge in [-0.05, 0) is 51.1 Å². The maximum atomic E-state index is 12.7. The number of ether oxygens (including phenoxy) is 1. The SMILES string of the molecule is CCOC(=O)C(c1cc(Cl)cc(Cl)c1)N(CC)Cc1c(C)noc1C. The summed E-state index contributed by atoms with van der Waals surface area (Å²) < 4.78 is 10.5. The first-order valence-corrected chi connectivity index (χ1v) is 8.91. The van der Waals surface area contributed by atoms with E-state index in [9.17, 15) is 4.79 Å². The molecule has 0 bridgehead atoms. The van der Waals surface area contributed by atoms with Crippen molar-refractivity contribution in [1.29, 1.82) is 0 Å². The number of halogens is 2. The van der Waals surface area contributed by atoms with Gasteiger partial charge in [0.15, 0.2) is 0 Å². The molecule has 2 rings (SSSR count). The van der Waals surface area contributed by atoms with Gasteiger partial charge in [0, 0.05) is 22.2 Å². The van der Waals surface area contributed by atoms with Gasteiger partial charge in [0.05, 0.1) is 12.3 Å². The minimum atomic E-state index is -0.616. The quantitative estimate of drug-likeness (QED) is 0.646. The number of rotatable bonds is 7. The number of nitrogens with zero attached hydrogens (tertiary/aromatic N) is 2. The summed E-state index contributed by atoms with van der Waals surface area (Å²) in [4.78, 5) is 14.7. The molecule has 5 nitrogen and oxygen atoms in total. The molecule has 0 N–H and O–H groups in total. The van der Waals surface area contributed by atoms with Gasteiger partial charge in [-0.2, -0.15) is 0 Å². The summed E-state index contributed by atoms with van der Waals surface area (Å²) in [5, 5.41) is 4.94. The van der Waals surface area contributed by atoms with Crippen LogP contribution in [0.3, 0.4) is 0 Å². The maximum absolute atomic E-state index is 12.7. The van der Waals surface area contributed by atoms with Crippen molar-refractivity contribution in [3.63, 3.8) is 0 Å². The number of aromatic nitrogens is 1. The van der Waals surface area contributed by atoms with E-state index in [0.717, 1.165) is 17.0 Å². The molecule has 1 aromatic heterocycles. The Bertz CT molecular complexity index is 706. The van der Waals surface area contributed by atoms with Crippen LogP contribution in [0.15, 0.2) is 22.7 Å². The molecule has 1 aromatic carbocycles. The van der Waals surface area contributed by atoms with Crippen molar-refractivity contribution >= 4 is 29.2 Å². The van der Waals surface area contributed by atoms with E-state index in [1.165, 1.54) is 0 Å². The predicted molar refractivity (Wildman–Crippen MR) is 97.9 cm³/mol. The summed E-state index contributed by atoms with van der Waals surface area (Å²) in [6.07, 6.45) is 0. The molecule has 0 aliphatic carbocycles. The molecule has 0 radical (unpaired) electrons. The minimum absolute atomic E-state index is 0.298. The zero-order valence-corrected chi connectivity index (χ0v) is 16.3. The van der Waals surface area contributed by atoms with E-state index in [1.54, 1.807) is 25.1 Å². The van der Waals surface area contributed by atoms with Crippen LogP contribution in [-0.4, -0.2) is 29.2 Å². The lowest BCUT2D eigenvalue weighted by Crippen LogP contribution is -2.35. The number of carbonyl (C=O) groups is 1. The highest BCUT2D eigenvalue weighted by molar-refractivity contribution is 6.34. The van der Waals surface area contributed by atoms with Crippen molar-refractivity contribution in [3.05, 3.63) is 50.8 Å². The van der Waals surface area contributed by atoms with E-state index < -0.39 is 6.04 Å². The summed E-state index contributed by atoms with van der Waals surface area (Å²) in [7, 11) is 0. The Balaban J connectivity index is 2.43. The number of carbonyl (C=O) groups excluding carboxylic acids is 1. The van der Waals surface area contributed by atoms with Crippen molar-refractivity contribution in [2.75, 3.05) is 13.2 Å². The first kappa shape index (κ1) is 19.8. The van der Waals surface area contributed by atoms with E-state index in [4.69, 9.17) is 32.5 Å². The molecule has 25 heavy (non-hydrogen) atoms. The Labute approximate surface area is 157 Å². The number of benzene rings is 1. The second kappa shape index (κ2) is 8.70. The zero-order valence-electron chi connectivity index (χ0n) is 14.8. The number of aryl methyl sites for hydroxylation is 2. The zero-order chi connectivity index (χ0) is 18.6. The third kappa shape index (κ3) is 4.75. The van der Waals surface area contributed by atoms with Crippen LogP contribution in [0.5, 0.6) is 0 Å². The van der Waals surface area contributed by atoms with Gasteiger partial charge in [-0.25, -0.2) is 4.79 Å². The summed E-state index contributed by atoms with van der Waals surface area (Å²) in [5.41, 5.74) is 2.47. The van der Waals surface area contributed by atoms with Gasteiger partial charge in [-0.1, -0.05) is 35.3 Å². The van der Waals surface area contributed by atoms with Gasteiger partial charge in [-0.15, -0.1) is 0 Å². The third-order valence-electron chi connectivity index (χ3n) is 4.02. The lowest BCUT2D eigenvalue weighted by atomic mass is 10.0. The van der Waals surface area contributed by atoms with E-state index in [-0.39, 0.29) is 5.97 Å². The summed E-state index contributed by atoms with van der Waals surface area (Å²) in [6.45, 7) is 8.94. The van der Waals surface area contributed by atoms with Crippen LogP contribution in [0.1, 0.15) is 42.5 Å². The van der Waals surface area contributed by atoms with Crippen LogP contribution < -0.4 is 0 Å². The molecule has 0 amide bonds. The molecule has 7 heteroatoms. The molecule has 2 aromatic rings. The van der Waals surface area contributed by atoms with Crippen molar-refractivity contribution in [3.8, 4) is 0 Å². The monoisotopic (exact) mass is 384 g/mol. The topological polar surface area (TPSA) is 55.6 Å². The standard InChI is InChI=1S/C18H22Cl2N2O3/c1-5-22(10-16-11(3)21-25-12(16)4)17(18(23)24-6-2)13-7-14(19)9-15(20)8-13/h7-9,17H,5-6,10H2,1-4H3. The molecule has 0 aliphatic heterocycles. The van der Waals surface area contributed by atoms with Gasteiger partial charge in [0.2, 0.25) is 0 Å². The Morgan fingerprint density at radius 2 is 1.88 bits per heavy atom. The first-order chi connectivity index (χ1) is 11.9. The average molecular weight is 385 g/mol. The third-order valence-corrected chi connectivity index (χ3v) is 4.46. The molecular formula is C18H22Cl2N2O3. The minimum Gasteiger partial charge on any atom is -0.465 e. The molecule has 1 unspecified atom stereocenters. The smallest absolute Gasteiger partial charge is 0.328 e. The molecular weight excluding hydrogens is 363 g/mol. The van der Waals surface area contributed by atoms with E-state index in [0.29, 0.717) is 35.3 Å². The fourth-order valence-electron chi connectivity index (χ4n) is 2.77. The second-order valence-corrected chi connectivity index (χ2v) is 6.60. The number of esters is 1. The molecule has 136 valence electrons. The van der Waals surface area contributed by atoms with Gasteiger partial charge in [0.25, 0.3) is 0 Å². The van der Waals surface area contributed by atoms with Crippen LogP contribution in [0.2, 0.25) is 10.0 Å². The average Bonchev–Trinajstić information content (AvgIpc) is 2.85. The Hall–Kier alpha value is -1.56. The normalized spacial score (nSPS) is 12.4. The van der Waals surface area contributed by atoms with E-state index >= 15 is 0 Å². The highest BCUT2D eigenvalue weighted by Crippen LogP contribution is 2.30. The van der Waals surface area contributed by atoms with Crippen LogP contribution in [0, 0.1) is 13.8 Å². The predicted octanol–water partition coefficient (Wildman–Crippen LogP) is 4.72. The van der Waals surface area contributed by atoms with Gasteiger partial charge in [-0.3, -0.25) is 4.90 Å². The number of hydrogen-bond acceptors (Lipinski definition) is 5. The number of likely N-dealkylation sites (N-methyl/N-ethyl adjacent to an activating group) is 1. The van der Waals surface area contributed by atoms with Gasteiger partial charge < -0.3 is 9.26 Å². The molecule has 0 saturated carbocycles. The van der Waals surface area contributed by atoms with Crippen LogP contribution in [0.25, 0.3) is 0 Å². The fraction of sp³-hybridized carbons (Fsp3) is 0.444. The molecule has 1 atom stereocenters. The van der Waals surface area contributed by atoms with Crippen LogP contribution >= 0.6 is 23.2 Å². The van der Waals surface area contributed by atoms with Crippen molar-refractivity contribution in [2.45, 2.75) is 40.3 Å². The van der Waals surface area contributed by atoms with Gasteiger partial charge in [0.1, 0.15) is 11.8 Å². The van der Waals surface area contributed by atoms with E-state index in [1.807, 2.05) is 25.7 Å². The van der Waals surface area contributed by atoms with Crippen LogP contribution in [-0.2, 0) is 16.1 Å². The molecule has 0 aliphatic rings. The first-order valence-electron chi connectivity index (χ1n) is 8.15. The highest BCUT2D eigenvalue weighted by Gasteiger charge is 2.30. The summed E-state index contributed by atoms with van der Waals surface area (Å²) >= 11 is 12.3. The van der Waals surface area contributed by atoms with Crippen molar-refractivity contribution in [2.24, 2.45) is 0 Å².